The van der Waals surface area contributed by atoms with Gasteiger partial charge in [-0.15, -0.1) is 5.10 Å². The summed E-state index contributed by atoms with van der Waals surface area (Å²) in [4.78, 5) is 6.40. The summed E-state index contributed by atoms with van der Waals surface area (Å²) < 4.78 is 0. The Bertz CT molecular complexity index is 527. The van der Waals surface area contributed by atoms with Gasteiger partial charge in [0.2, 0.25) is 0 Å². The van der Waals surface area contributed by atoms with E-state index >= 15 is 0 Å². The number of benzene rings is 1. The van der Waals surface area contributed by atoms with Crippen molar-refractivity contribution in [3.63, 3.8) is 0 Å². The van der Waals surface area contributed by atoms with E-state index in [1.807, 2.05) is 42.3 Å². The van der Waals surface area contributed by atoms with Crippen LogP contribution in [0, 0.1) is 5.92 Å². The first-order chi connectivity index (χ1) is 9.66. The molecule has 1 aromatic heterocycles. The Morgan fingerprint density at radius 3 is 2.65 bits per heavy atom. The van der Waals surface area contributed by atoms with E-state index in [1.165, 1.54) is 0 Å². The van der Waals surface area contributed by atoms with Gasteiger partial charge in [0.25, 0.3) is 5.95 Å². The fraction of sp³-hybridized carbons (Fsp3) is 0.400. The molecule has 0 spiro atoms. The van der Waals surface area contributed by atoms with Crippen LogP contribution in [0.1, 0.15) is 20.3 Å². The molecule has 0 atom stereocenters. The molecule has 0 aliphatic heterocycles. The lowest BCUT2D eigenvalue weighted by molar-refractivity contribution is 0.606. The highest BCUT2D eigenvalue weighted by Gasteiger charge is 2.08. The molecule has 0 aliphatic rings. The van der Waals surface area contributed by atoms with Crippen molar-refractivity contribution >= 4 is 17.5 Å². The van der Waals surface area contributed by atoms with Gasteiger partial charge in [0, 0.05) is 19.3 Å². The zero-order valence-corrected chi connectivity index (χ0v) is 12.2. The molecule has 0 unspecified atom stereocenters. The number of rotatable bonds is 6. The number of anilines is 3. The molecule has 2 aromatic rings. The first kappa shape index (κ1) is 14.2. The van der Waals surface area contributed by atoms with Crippen molar-refractivity contribution in [1.29, 1.82) is 0 Å². The van der Waals surface area contributed by atoms with Gasteiger partial charge in [-0.2, -0.15) is 10.1 Å². The summed E-state index contributed by atoms with van der Waals surface area (Å²) in [5.74, 6) is 2.02. The van der Waals surface area contributed by atoms with Gasteiger partial charge >= 0.3 is 0 Å². The predicted molar refractivity (Wildman–Crippen MR) is 82.3 cm³/mol. The smallest absolute Gasteiger partial charge is 0.251 e. The predicted octanol–water partition coefficient (Wildman–Crippen LogP) is 3.10. The van der Waals surface area contributed by atoms with Crippen LogP contribution < -0.4 is 10.2 Å². The van der Waals surface area contributed by atoms with E-state index in [1.54, 1.807) is 6.20 Å². The lowest BCUT2D eigenvalue weighted by Gasteiger charge is -2.17. The topological polar surface area (TPSA) is 53.9 Å². The third kappa shape index (κ3) is 3.91. The molecule has 106 valence electrons. The quantitative estimate of drug-likeness (QED) is 0.875. The van der Waals surface area contributed by atoms with Crippen molar-refractivity contribution in [3.8, 4) is 0 Å². The SMILES string of the molecule is CC(C)CCNc1cnnc(N(C)c2ccccc2)n1. The highest BCUT2D eigenvalue weighted by Crippen LogP contribution is 2.19. The first-order valence-electron chi connectivity index (χ1n) is 6.89. The lowest BCUT2D eigenvalue weighted by atomic mass is 10.1. The standard InChI is InChI=1S/C15H21N5/c1-12(2)9-10-16-14-11-17-19-15(18-14)20(3)13-7-5-4-6-8-13/h4-8,11-12H,9-10H2,1-3H3,(H,16,18,19). The van der Waals surface area contributed by atoms with Crippen molar-refractivity contribution in [2.24, 2.45) is 5.92 Å². The molecule has 5 nitrogen and oxygen atoms in total. The monoisotopic (exact) mass is 271 g/mol. The minimum Gasteiger partial charge on any atom is -0.369 e. The fourth-order valence-electron chi connectivity index (χ4n) is 1.78. The number of nitrogens with zero attached hydrogens (tertiary/aromatic N) is 4. The van der Waals surface area contributed by atoms with Gasteiger partial charge in [-0.25, -0.2) is 0 Å². The van der Waals surface area contributed by atoms with E-state index in [2.05, 4.69) is 34.3 Å². The number of hydrogen-bond donors (Lipinski definition) is 1. The third-order valence-electron chi connectivity index (χ3n) is 3.02. The Balaban J connectivity index is 2.05. The van der Waals surface area contributed by atoms with Crippen LogP contribution >= 0.6 is 0 Å². The van der Waals surface area contributed by atoms with E-state index in [4.69, 9.17) is 0 Å². The minimum absolute atomic E-state index is 0.589. The molecule has 0 amide bonds. The van der Waals surface area contributed by atoms with Gasteiger partial charge in [-0.3, -0.25) is 0 Å². The van der Waals surface area contributed by atoms with Gasteiger partial charge in [-0.1, -0.05) is 32.0 Å². The molecular weight excluding hydrogens is 250 g/mol. The maximum atomic E-state index is 4.49. The molecule has 5 heteroatoms. The molecule has 1 N–H and O–H groups in total. The molecule has 0 bridgehead atoms. The van der Waals surface area contributed by atoms with E-state index in [0.717, 1.165) is 24.5 Å². The highest BCUT2D eigenvalue weighted by atomic mass is 15.3. The van der Waals surface area contributed by atoms with Gasteiger partial charge in [0.1, 0.15) is 0 Å². The maximum absolute atomic E-state index is 4.49. The highest BCUT2D eigenvalue weighted by molar-refractivity contribution is 5.56. The van der Waals surface area contributed by atoms with E-state index in [0.29, 0.717) is 11.9 Å². The molecule has 20 heavy (non-hydrogen) atoms. The fourth-order valence-corrected chi connectivity index (χ4v) is 1.78. The van der Waals surface area contributed by atoms with E-state index < -0.39 is 0 Å². The van der Waals surface area contributed by atoms with Crippen LogP contribution in [0.3, 0.4) is 0 Å². The molecular formula is C15H21N5. The van der Waals surface area contributed by atoms with Gasteiger partial charge in [-0.05, 0) is 24.5 Å². The Kier molecular flexibility index (Phi) is 4.87. The Hall–Kier alpha value is -2.17. The average molecular weight is 271 g/mol. The molecule has 0 fully saturated rings. The van der Waals surface area contributed by atoms with Crippen molar-refractivity contribution < 1.29 is 0 Å². The molecule has 0 radical (unpaired) electrons. The number of hydrogen-bond acceptors (Lipinski definition) is 5. The van der Waals surface area contributed by atoms with Crippen LogP contribution in [-0.4, -0.2) is 28.8 Å². The van der Waals surface area contributed by atoms with Crippen molar-refractivity contribution in [2.45, 2.75) is 20.3 Å². The second-order valence-corrected chi connectivity index (χ2v) is 5.15. The molecule has 1 heterocycles. The normalized spacial score (nSPS) is 10.6. The summed E-state index contributed by atoms with van der Waals surface area (Å²) >= 11 is 0. The minimum atomic E-state index is 0.589. The van der Waals surface area contributed by atoms with Crippen molar-refractivity contribution in [2.75, 3.05) is 23.8 Å². The summed E-state index contributed by atoms with van der Waals surface area (Å²) in [5, 5.41) is 11.4. The summed E-state index contributed by atoms with van der Waals surface area (Å²) in [6.45, 7) is 5.30. The molecule has 0 saturated carbocycles. The van der Waals surface area contributed by atoms with Gasteiger partial charge < -0.3 is 10.2 Å². The largest absolute Gasteiger partial charge is 0.369 e. The second kappa shape index (κ2) is 6.84. The molecule has 0 saturated heterocycles. The number of aromatic nitrogens is 3. The summed E-state index contributed by atoms with van der Waals surface area (Å²) in [6.07, 6.45) is 2.76. The van der Waals surface area contributed by atoms with Gasteiger partial charge in [0.15, 0.2) is 5.82 Å². The van der Waals surface area contributed by atoms with Crippen LogP contribution in [0.4, 0.5) is 17.5 Å². The second-order valence-electron chi connectivity index (χ2n) is 5.15. The van der Waals surface area contributed by atoms with Crippen molar-refractivity contribution in [3.05, 3.63) is 36.5 Å². The average Bonchev–Trinajstić information content (AvgIpc) is 2.47. The summed E-state index contributed by atoms with van der Waals surface area (Å²) in [6, 6.07) is 10.00. The van der Waals surface area contributed by atoms with Gasteiger partial charge in [0.05, 0.1) is 6.20 Å². The lowest BCUT2D eigenvalue weighted by Crippen LogP contribution is -2.15. The summed E-state index contributed by atoms with van der Waals surface area (Å²) in [5.41, 5.74) is 1.04. The van der Waals surface area contributed by atoms with Crippen LogP contribution in [0.2, 0.25) is 0 Å². The molecule has 2 rings (SSSR count). The number of para-hydroxylation sites is 1. The Morgan fingerprint density at radius 1 is 1.20 bits per heavy atom. The summed E-state index contributed by atoms with van der Waals surface area (Å²) in [7, 11) is 1.93. The van der Waals surface area contributed by atoms with E-state index in [9.17, 15) is 0 Å². The van der Waals surface area contributed by atoms with Crippen molar-refractivity contribution in [1.82, 2.24) is 15.2 Å². The zero-order chi connectivity index (χ0) is 14.4. The Labute approximate surface area is 120 Å². The first-order valence-corrected chi connectivity index (χ1v) is 6.89. The third-order valence-corrected chi connectivity index (χ3v) is 3.02. The van der Waals surface area contributed by atoms with Crippen LogP contribution in [0.5, 0.6) is 0 Å². The number of nitrogens with one attached hydrogen (secondary N) is 1. The van der Waals surface area contributed by atoms with Crippen LogP contribution in [-0.2, 0) is 0 Å². The maximum Gasteiger partial charge on any atom is 0.251 e. The van der Waals surface area contributed by atoms with Crippen LogP contribution in [0.15, 0.2) is 36.5 Å². The molecule has 0 aliphatic carbocycles. The van der Waals surface area contributed by atoms with E-state index in [-0.39, 0.29) is 0 Å². The van der Waals surface area contributed by atoms with Crippen LogP contribution in [0.25, 0.3) is 0 Å². The zero-order valence-electron chi connectivity index (χ0n) is 12.2. The molecule has 1 aromatic carbocycles. The Morgan fingerprint density at radius 2 is 1.95 bits per heavy atom.